The number of hydrogen-bond donors (Lipinski definition) is 1. The highest BCUT2D eigenvalue weighted by atomic mass is 35.5. The van der Waals surface area contributed by atoms with Crippen molar-refractivity contribution in [1.82, 2.24) is 9.62 Å². The van der Waals surface area contributed by atoms with Gasteiger partial charge in [0.1, 0.15) is 0 Å². The number of carbonyl (C=O) groups is 1. The first-order chi connectivity index (χ1) is 13.4. The molecule has 0 bridgehead atoms. The van der Waals surface area contributed by atoms with Gasteiger partial charge in [0.05, 0.1) is 4.90 Å². The third-order valence-electron chi connectivity index (χ3n) is 4.34. The summed E-state index contributed by atoms with van der Waals surface area (Å²) in [5, 5.41) is 3.51. The second-order valence-electron chi connectivity index (χ2n) is 6.53. The third kappa shape index (κ3) is 5.80. The van der Waals surface area contributed by atoms with Gasteiger partial charge in [-0.3, -0.25) is 4.79 Å². The number of carbonyl (C=O) groups excluding carboxylic acids is 1. The minimum atomic E-state index is -3.54. The lowest BCUT2D eigenvalue weighted by Crippen LogP contribution is -2.32. The van der Waals surface area contributed by atoms with Crippen LogP contribution in [0.1, 0.15) is 42.6 Å². The zero-order valence-corrected chi connectivity index (χ0v) is 17.9. The molecule has 7 heteroatoms. The summed E-state index contributed by atoms with van der Waals surface area (Å²) >= 11 is 6.11. The van der Waals surface area contributed by atoms with E-state index >= 15 is 0 Å². The van der Waals surface area contributed by atoms with Crippen LogP contribution in [0, 0.1) is 0 Å². The Bertz CT molecular complexity index is 877. The van der Waals surface area contributed by atoms with Crippen LogP contribution in [0.25, 0.3) is 0 Å². The maximum atomic E-state index is 12.8. The van der Waals surface area contributed by atoms with Crippen LogP contribution in [0.4, 0.5) is 0 Å². The standard InChI is InChI=1S/C21H27ClN2O3S/c1-3-15-24(16-4-2)28(26,27)19-11-9-18(10-12-19)21(25)23-14-13-17-7-5-6-8-20(17)22/h5-12H,3-4,13-16H2,1-2H3,(H,23,25). The number of nitrogens with zero attached hydrogens (tertiary/aromatic N) is 1. The van der Waals surface area contributed by atoms with Crippen LogP contribution in [-0.4, -0.2) is 38.3 Å². The first-order valence-electron chi connectivity index (χ1n) is 9.52. The van der Waals surface area contributed by atoms with Crippen molar-refractivity contribution < 1.29 is 13.2 Å². The highest BCUT2D eigenvalue weighted by Gasteiger charge is 2.23. The fourth-order valence-corrected chi connectivity index (χ4v) is 4.75. The number of nitrogens with one attached hydrogen (secondary N) is 1. The normalized spacial score (nSPS) is 11.6. The van der Waals surface area contributed by atoms with Crippen LogP contribution in [0.15, 0.2) is 53.4 Å². The van der Waals surface area contributed by atoms with Crippen molar-refractivity contribution in [3.05, 3.63) is 64.7 Å². The Morgan fingerprint density at radius 2 is 1.61 bits per heavy atom. The van der Waals surface area contributed by atoms with E-state index < -0.39 is 10.0 Å². The molecule has 0 spiro atoms. The zero-order chi connectivity index (χ0) is 20.6. The molecule has 0 fully saturated rings. The van der Waals surface area contributed by atoms with E-state index in [1.165, 1.54) is 16.4 Å². The summed E-state index contributed by atoms with van der Waals surface area (Å²) in [6.07, 6.45) is 2.14. The fraction of sp³-hybridized carbons (Fsp3) is 0.381. The molecule has 2 aromatic rings. The summed E-state index contributed by atoms with van der Waals surface area (Å²) in [5.41, 5.74) is 1.40. The summed E-state index contributed by atoms with van der Waals surface area (Å²) in [6.45, 7) is 5.33. The summed E-state index contributed by atoms with van der Waals surface area (Å²) < 4.78 is 27.0. The van der Waals surface area contributed by atoms with Gasteiger partial charge in [-0.2, -0.15) is 4.31 Å². The average molecular weight is 423 g/mol. The molecule has 0 atom stereocenters. The van der Waals surface area contributed by atoms with E-state index in [1.807, 2.05) is 38.1 Å². The van der Waals surface area contributed by atoms with Crippen molar-refractivity contribution >= 4 is 27.5 Å². The smallest absolute Gasteiger partial charge is 0.251 e. The molecule has 2 rings (SSSR count). The second-order valence-corrected chi connectivity index (χ2v) is 8.87. The molecule has 0 aliphatic carbocycles. The third-order valence-corrected chi connectivity index (χ3v) is 6.62. The first kappa shape index (κ1) is 22.4. The number of hydrogen-bond acceptors (Lipinski definition) is 3. The van der Waals surface area contributed by atoms with Gasteiger partial charge >= 0.3 is 0 Å². The zero-order valence-electron chi connectivity index (χ0n) is 16.3. The van der Waals surface area contributed by atoms with Crippen LogP contribution < -0.4 is 5.32 Å². The molecule has 2 aromatic carbocycles. The Hall–Kier alpha value is -1.89. The van der Waals surface area contributed by atoms with Gasteiger partial charge in [-0.25, -0.2) is 8.42 Å². The van der Waals surface area contributed by atoms with Crippen molar-refractivity contribution in [1.29, 1.82) is 0 Å². The van der Waals surface area contributed by atoms with Gasteiger partial charge in [0.15, 0.2) is 0 Å². The lowest BCUT2D eigenvalue weighted by molar-refractivity contribution is 0.0954. The van der Waals surface area contributed by atoms with Gasteiger partial charge in [0.2, 0.25) is 10.0 Å². The Morgan fingerprint density at radius 1 is 1.00 bits per heavy atom. The monoisotopic (exact) mass is 422 g/mol. The molecule has 28 heavy (non-hydrogen) atoms. The molecule has 0 radical (unpaired) electrons. The van der Waals surface area contributed by atoms with Crippen molar-refractivity contribution in [2.75, 3.05) is 19.6 Å². The lowest BCUT2D eigenvalue weighted by atomic mass is 10.1. The molecule has 0 unspecified atom stereocenters. The maximum absolute atomic E-state index is 12.8. The van der Waals surface area contributed by atoms with Gasteiger partial charge in [-0.15, -0.1) is 0 Å². The summed E-state index contributed by atoms with van der Waals surface area (Å²) in [7, 11) is -3.54. The molecule has 152 valence electrons. The van der Waals surface area contributed by atoms with Gasteiger partial charge in [-0.1, -0.05) is 43.6 Å². The number of sulfonamides is 1. The predicted octanol–water partition coefficient (Wildman–Crippen LogP) is 4.12. The molecule has 0 heterocycles. The number of amides is 1. The van der Waals surface area contributed by atoms with Crippen molar-refractivity contribution in [3.8, 4) is 0 Å². The van der Waals surface area contributed by atoms with Gasteiger partial charge < -0.3 is 5.32 Å². The highest BCUT2D eigenvalue weighted by Crippen LogP contribution is 2.18. The Labute approximate surface area is 172 Å². The van der Waals surface area contributed by atoms with Gasteiger partial charge in [0, 0.05) is 30.2 Å². The van der Waals surface area contributed by atoms with Crippen LogP contribution in [0.5, 0.6) is 0 Å². The molecule has 0 aromatic heterocycles. The molecular weight excluding hydrogens is 396 g/mol. The molecule has 5 nitrogen and oxygen atoms in total. The van der Waals surface area contributed by atoms with Gasteiger partial charge in [-0.05, 0) is 55.2 Å². The molecule has 0 saturated heterocycles. The van der Waals surface area contributed by atoms with E-state index in [0.717, 1.165) is 18.4 Å². The second kappa shape index (κ2) is 10.6. The summed E-state index contributed by atoms with van der Waals surface area (Å²) in [6, 6.07) is 13.6. The number of benzene rings is 2. The molecule has 1 amide bonds. The lowest BCUT2D eigenvalue weighted by Gasteiger charge is -2.21. The van der Waals surface area contributed by atoms with Crippen LogP contribution in [0.3, 0.4) is 0 Å². The van der Waals surface area contributed by atoms with E-state index in [2.05, 4.69) is 5.32 Å². The SMILES string of the molecule is CCCN(CCC)S(=O)(=O)c1ccc(C(=O)NCCc2ccccc2Cl)cc1. The first-order valence-corrected chi connectivity index (χ1v) is 11.3. The Balaban J connectivity index is 2.00. The van der Waals surface area contributed by atoms with Crippen LogP contribution >= 0.6 is 11.6 Å². The molecular formula is C21H27ClN2O3S. The number of halogens is 1. The average Bonchev–Trinajstić information content (AvgIpc) is 2.69. The topological polar surface area (TPSA) is 66.5 Å². The van der Waals surface area contributed by atoms with Crippen molar-refractivity contribution in [2.45, 2.75) is 38.0 Å². The van der Waals surface area contributed by atoms with Crippen LogP contribution in [0.2, 0.25) is 5.02 Å². The molecule has 0 aliphatic rings. The molecule has 0 aliphatic heterocycles. The van der Waals surface area contributed by atoms with E-state index in [9.17, 15) is 13.2 Å². The quantitative estimate of drug-likeness (QED) is 0.626. The van der Waals surface area contributed by atoms with E-state index in [4.69, 9.17) is 11.6 Å². The van der Waals surface area contributed by atoms with E-state index in [1.54, 1.807) is 12.1 Å². The van der Waals surface area contributed by atoms with E-state index in [0.29, 0.717) is 36.6 Å². The van der Waals surface area contributed by atoms with Crippen LogP contribution in [-0.2, 0) is 16.4 Å². The Morgan fingerprint density at radius 3 is 2.18 bits per heavy atom. The molecule has 0 saturated carbocycles. The minimum Gasteiger partial charge on any atom is -0.352 e. The minimum absolute atomic E-state index is 0.210. The van der Waals surface area contributed by atoms with Gasteiger partial charge in [0.25, 0.3) is 5.91 Å². The number of rotatable bonds is 10. The van der Waals surface area contributed by atoms with E-state index in [-0.39, 0.29) is 10.8 Å². The summed E-state index contributed by atoms with van der Waals surface area (Å²) in [5.74, 6) is -0.241. The largest absolute Gasteiger partial charge is 0.352 e. The molecule has 1 N–H and O–H groups in total. The maximum Gasteiger partial charge on any atom is 0.251 e. The predicted molar refractivity (Wildman–Crippen MR) is 113 cm³/mol. The summed E-state index contributed by atoms with van der Waals surface area (Å²) in [4.78, 5) is 12.5. The van der Waals surface area contributed by atoms with Crippen molar-refractivity contribution in [3.63, 3.8) is 0 Å². The van der Waals surface area contributed by atoms with Crippen molar-refractivity contribution in [2.24, 2.45) is 0 Å². The Kier molecular flexibility index (Phi) is 8.48. The highest BCUT2D eigenvalue weighted by molar-refractivity contribution is 7.89. The fourth-order valence-electron chi connectivity index (χ4n) is 2.89.